The van der Waals surface area contributed by atoms with Crippen LogP contribution in [0.2, 0.25) is 0 Å². The molecule has 0 unspecified atom stereocenters. The molecule has 0 aliphatic carbocycles. The fourth-order valence-electron chi connectivity index (χ4n) is 2.94. The number of hydrogen-bond donors (Lipinski definition) is 2. The molecule has 0 saturated carbocycles. The number of H-pyrrole nitrogens is 1. The van der Waals surface area contributed by atoms with Gasteiger partial charge in [0, 0.05) is 18.2 Å². The predicted molar refractivity (Wildman–Crippen MR) is 76.0 cm³/mol. The number of nitrogens with zero attached hydrogens (tertiary/aromatic N) is 2. The molecule has 3 heterocycles. The number of ether oxygens (including phenoxy) is 1. The predicted octanol–water partition coefficient (Wildman–Crippen LogP) is 0.279. The van der Waals surface area contributed by atoms with E-state index in [1.54, 1.807) is 0 Å². The zero-order valence-corrected chi connectivity index (χ0v) is 11.9. The third-order valence-electron chi connectivity index (χ3n) is 4.26. The number of likely N-dealkylation sites (N-methyl/N-ethyl adjacent to an activating group) is 1. The number of aromatic nitrogens is 2. The van der Waals surface area contributed by atoms with Crippen molar-refractivity contribution in [3.63, 3.8) is 0 Å². The molecule has 0 spiro atoms. The lowest BCUT2D eigenvalue weighted by Crippen LogP contribution is -2.40. The maximum atomic E-state index is 12.0. The summed E-state index contributed by atoms with van der Waals surface area (Å²) in [7, 11) is 2.13. The first-order valence-electron chi connectivity index (χ1n) is 7.40. The van der Waals surface area contributed by atoms with Crippen molar-refractivity contribution in [3.8, 4) is 6.01 Å². The average molecular weight is 278 g/mol. The number of piperidine rings is 1. The normalized spacial score (nSPS) is 23.4. The van der Waals surface area contributed by atoms with E-state index in [0.717, 1.165) is 37.2 Å². The molecule has 1 aromatic rings. The van der Waals surface area contributed by atoms with Crippen molar-refractivity contribution in [2.75, 3.05) is 26.7 Å². The van der Waals surface area contributed by atoms with Crippen LogP contribution < -0.4 is 15.6 Å². The van der Waals surface area contributed by atoms with Crippen molar-refractivity contribution in [1.29, 1.82) is 0 Å². The molecule has 1 aromatic heterocycles. The lowest BCUT2D eigenvalue weighted by atomic mass is 10.0. The van der Waals surface area contributed by atoms with Crippen LogP contribution in [0.25, 0.3) is 0 Å². The summed E-state index contributed by atoms with van der Waals surface area (Å²) in [5.74, 6) is 0. The van der Waals surface area contributed by atoms with Gasteiger partial charge in [-0.15, -0.1) is 0 Å². The van der Waals surface area contributed by atoms with E-state index >= 15 is 0 Å². The molecule has 0 aromatic carbocycles. The first kappa shape index (κ1) is 13.6. The van der Waals surface area contributed by atoms with Crippen LogP contribution in [0.3, 0.4) is 0 Å². The van der Waals surface area contributed by atoms with Gasteiger partial charge < -0.3 is 15.0 Å². The van der Waals surface area contributed by atoms with Gasteiger partial charge in [0.15, 0.2) is 0 Å². The Morgan fingerprint density at radius 3 is 3.20 bits per heavy atom. The number of hydrogen-bond acceptors (Lipinski definition) is 5. The summed E-state index contributed by atoms with van der Waals surface area (Å²) in [5.41, 5.74) is 1.57. The molecule has 0 bridgehead atoms. The van der Waals surface area contributed by atoms with Gasteiger partial charge >= 0.3 is 0 Å². The van der Waals surface area contributed by atoms with E-state index in [2.05, 4.69) is 27.2 Å². The summed E-state index contributed by atoms with van der Waals surface area (Å²) >= 11 is 0. The minimum atomic E-state index is -0.0523. The summed E-state index contributed by atoms with van der Waals surface area (Å²) in [6.45, 7) is 3.20. The van der Waals surface area contributed by atoms with Crippen LogP contribution in [0.5, 0.6) is 6.01 Å². The Balaban J connectivity index is 1.68. The quantitative estimate of drug-likeness (QED) is 0.831. The summed E-state index contributed by atoms with van der Waals surface area (Å²) < 4.78 is 5.73. The lowest BCUT2D eigenvalue weighted by Gasteiger charge is -2.31. The highest BCUT2D eigenvalue weighted by molar-refractivity contribution is 5.21. The van der Waals surface area contributed by atoms with Crippen LogP contribution >= 0.6 is 0 Å². The highest BCUT2D eigenvalue weighted by Crippen LogP contribution is 2.16. The molecule has 2 N–H and O–H groups in total. The van der Waals surface area contributed by atoms with E-state index < -0.39 is 0 Å². The molecule has 3 rings (SSSR count). The Kier molecular flexibility index (Phi) is 4.03. The van der Waals surface area contributed by atoms with Crippen LogP contribution in [0, 0.1) is 0 Å². The molecule has 2 aliphatic heterocycles. The van der Waals surface area contributed by atoms with Crippen molar-refractivity contribution in [3.05, 3.63) is 21.6 Å². The third kappa shape index (κ3) is 2.86. The largest absolute Gasteiger partial charge is 0.463 e. The number of aromatic amines is 1. The van der Waals surface area contributed by atoms with Gasteiger partial charge in [0.2, 0.25) is 0 Å². The van der Waals surface area contributed by atoms with E-state index in [9.17, 15) is 4.79 Å². The molecule has 6 heteroatoms. The van der Waals surface area contributed by atoms with Crippen LogP contribution in [0.15, 0.2) is 4.79 Å². The number of nitrogens with one attached hydrogen (secondary N) is 2. The van der Waals surface area contributed by atoms with Gasteiger partial charge in [0.05, 0.1) is 5.69 Å². The SMILES string of the molecule is CN1CCCC[C@H]1COc1nc2c(c(=O)[nH]1)CCNC2. The maximum Gasteiger partial charge on any atom is 0.296 e. The molecule has 20 heavy (non-hydrogen) atoms. The monoisotopic (exact) mass is 278 g/mol. The van der Waals surface area contributed by atoms with E-state index in [1.165, 1.54) is 12.8 Å². The molecule has 1 atom stereocenters. The molecule has 0 amide bonds. The Hall–Kier alpha value is -1.40. The standard InChI is InChI=1S/C14H22N4O2/c1-18-7-3-2-4-10(18)9-20-14-16-12-8-15-6-5-11(12)13(19)17-14/h10,15H,2-9H2,1H3,(H,16,17,19)/t10-/m0/s1. The van der Waals surface area contributed by atoms with Gasteiger partial charge in [-0.2, -0.15) is 0 Å². The lowest BCUT2D eigenvalue weighted by molar-refractivity contribution is 0.119. The Labute approximate surface area is 118 Å². The second kappa shape index (κ2) is 5.93. The van der Waals surface area contributed by atoms with Gasteiger partial charge in [-0.3, -0.25) is 9.78 Å². The van der Waals surface area contributed by atoms with E-state index in [1.807, 2.05) is 0 Å². The van der Waals surface area contributed by atoms with Crippen LogP contribution in [-0.2, 0) is 13.0 Å². The molecule has 1 fully saturated rings. The molecule has 6 nitrogen and oxygen atoms in total. The highest BCUT2D eigenvalue weighted by atomic mass is 16.5. The summed E-state index contributed by atoms with van der Waals surface area (Å²) in [4.78, 5) is 21.5. The number of rotatable bonds is 3. The van der Waals surface area contributed by atoms with E-state index in [4.69, 9.17) is 4.74 Å². The molecule has 2 aliphatic rings. The van der Waals surface area contributed by atoms with Gasteiger partial charge in [-0.05, 0) is 39.4 Å². The first-order valence-corrected chi connectivity index (χ1v) is 7.40. The first-order chi connectivity index (χ1) is 9.74. The topological polar surface area (TPSA) is 70.2 Å². The Morgan fingerprint density at radius 2 is 2.35 bits per heavy atom. The Bertz CT molecular complexity index is 528. The van der Waals surface area contributed by atoms with Crippen LogP contribution in [-0.4, -0.2) is 47.7 Å². The fraction of sp³-hybridized carbons (Fsp3) is 0.714. The number of fused-ring (bicyclic) bond motifs is 1. The molecule has 110 valence electrons. The summed E-state index contributed by atoms with van der Waals surface area (Å²) in [5, 5.41) is 3.23. The zero-order chi connectivity index (χ0) is 13.9. The van der Waals surface area contributed by atoms with Gasteiger partial charge in [-0.25, -0.2) is 4.98 Å². The summed E-state index contributed by atoms with van der Waals surface area (Å²) in [6, 6.07) is 0.777. The van der Waals surface area contributed by atoms with Gasteiger partial charge in [-0.1, -0.05) is 6.42 Å². The molecule has 0 radical (unpaired) electrons. The zero-order valence-electron chi connectivity index (χ0n) is 11.9. The number of likely N-dealkylation sites (tertiary alicyclic amines) is 1. The molecule has 1 saturated heterocycles. The fourth-order valence-corrected chi connectivity index (χ4v) is 2.94. The van der Waals surface area contributed by atoms with Crippen LogP contribution in [0.4, 0.5) is 0 Å². The second-order valence-electron chi connectivity index (χ2n) is 5.66. The molecular weight excluding hydrogens is 256 g/mol. The highest BCUT2D eigenvalue weighted by Gasteiger charge is 2.21. The third-order valence-corrected chi connectivity index (χ3v) is 4.26. The average Bonchev–Trinajstić information content (AvgIpc) is 2.46. The van der Waals surface area contributed by atoms with E-state index in [-0.39, 0.29) is 5.56 Å². The Morgan fingerprint density at radius 1 is 1.45 bits per heavy atom. The van der Waals surface area contributed by atoms with Crippen LogP contribution in [0.1, 0.15) is 30.5 Å². The van der Waals surface area contributed by atoms with Crippen molar-refractivity contribution < 1.29 is 4.74 Å². The van der Waals surface area contributed by atoms with Crippen molar-refractivity contribution in [1.82, 2.24) is 20.2 Å². The van der Waals surface area contributed by atoms with Crippen molar-refractivity contribution in [2.24, 2.45) is 0 Å². The minimum Gasteiger partial charge on any atom is -0.463 e. The van der Waals surface area contributed by atoms with Gasteiger partial charge in [0.25, 0.3) is 11.6 Å². The minimum absolute atomic E-state index is 0.0523. The maximum absolute atomic E-state index is 12.0. The van der Waals surface area contributed by atoms with E-state index in [0.29, 0.717) is 25.2 Å². The smallest absolute Gasteiger partial charge is 0.296 e. The molecular formula is C14H22N4O2. The summed E-state index contributed by atoms with van der Waals surface area (Å²) in [6.07, 6.45) is 4.39. The second-order valence-corrected chi connectivity index (χ2v) is 5.66. The van der Waals surface area contributed by atoms with Gasteiger partial charge in [0.1, 0.15) is 6.61 Å². The van der Waals surface area contributed by atoms with Crippen molar-refractivity contribution in [2.45, 2.75) is 38.3 Å². The van der Waals surface area contributed by atoms with Crippen molar-refractivity contribution >= 4 is 0 Å².